The van der Waals surface area contributed by atoms with Crippen molar-refractivity contribution in [1.29, 1.82) is 0 Å². The molecule has 3 heterocycles. The fourth-order valence-electron chi connectivity index (χ4n) is 3.17. The van der Waals surface area contributed by atoms with Gasteiger partial charge in [-0.05, 0) is 18.2 Å². The number of imidazole rings is 1. The van der Waals surface area contributed by atoms with E-state index in [1.165, 1.54) is 35.4 Å². The van der Waals surface area contributed by atoms with E-state index in [9.17, 15) is 25.5 Å². The van der Waals surface area contributed by atoms with Crippen LogP contribution >= 0.6 is 0 Å². The van der Waals surface area contributed by atoms with Crippen LogP contribution in [0.2, 0.25) is 0 Å². The van der Waals surface area contributed by atoms with E-state index in [0.717, 1.165) is 0 Å². The molecule has 1 aromatic carbocycles. The molecule has 3 aromatic rings. The number of hydrogen-bond acceptors (Lipinski definition) is 10. The van der Waals surface area contributed by atoms with Crippen LogP contribution in [0.1, 0.15) is 11.8 Å². The lowest BCUT2D eigenvalue weighted by Crippen LogP contribution is -2.33. The third-order valence-electron chi connectivity index (χ3n) is 4.66. The Balaban J connectivity index is 1.61. The van der Waals surface area contributed by atoms with E-state index in [1.54, 1.807) is 0 Å². The third-order valence-corrected chi connectivity index (χ3v) is 4.66. The van der Waals surface area contributed by atoms with Crippen LogP contribution in [-0.2, 0) is 11.3 Å². The number of anilines is 1. The summed E-state index contributed by atoms with van der Waals surface area (Å²) in [6.07, 6.45) is -1.67. The summed E-state index contributed by atoms with van der Waals surface area (Å²) in [6, 6.07) is 4.20. The van der Waals surface area contributed by atoms with Crippen molar-refractivity contribution < 1.29 is 30.3 Å². The number of phenols is 2. The highest BCUT2D eigenvalue weighted by molar-refractivity contribution is 5.82. The molecule has 6 N–H and O–H groups in total. The summed E-state index contributed by atoms with van der Waals surface area (Å²) in [6.45, 7) is -0.260. The highest BCUT2D eigenvalue weighted by Gasteiger charge is 2.44. The molecule has 1 saturated heterocycles. The highest BCUT2D eigenvalue weighted by atomic mass is 16.6. The van der Waals surface area contributed by atoms with Crippen LogP contribution in [-0.4, -0.2) is 70.0 Å². The molecule has 148 valence electrons. The maximum atomic E-state index is 10.2. The molecule has 0 radical (unpaired) electrons. The van der Waals surface area contributed by atoms with Crippen molar-refractivity contribution in [2.45, 2.75) is 31.1 Å². The number of phenolic OH excluding ortho intramolecular Hbond substituents is 2. The lowest BCUT2D eigenvalue weighted by atomic mass is 10.1. The molecule has 0 amide bonds. The first-order valence-corrected chi connectivity index (χ1v) is 8.54. The van der Waals surface area contributed by atoms with Gasteiger partial charge in [0.15, 0.2) is 23.2 Å². The van der Waals surface area contributed by atoms with Crippen LogP contribution in [0, 0.1) is 0 Å². The summed E-state index contributed by atoms with van der Waals surface area (Å²) < 4.78 is 6.97. The summed E-state index contributed by atoms with van der Waals surface area (Å²) in [4.78, 5) is 12.6. The maximum Gasteiger partial charge on any atom is 0.167 e. The van der Waals surface area contributed by atoms with E-state index in [-0.39, 0.29) is 18.0 Å². The molecule has 2 aromatic heterocycles. The number of aliphatic hydroxyl groups excluding tert-OH is 3. The second-order valence-corrected chi connectivity index (χ2v) is 6.44. The lowest BCUT2D eigenvalue weighted by Gasteiger charge is -2.16. The third kappa shape index (κ3) is 3.10. The van der Waals surface area contributed by atoms with Gasteiger partial charge >= 0.3 is 0 Å². The van der Waals surface area contributed by atoms with Gasteiger partial charge in [0.1, 0.15) is 36.1 Å². The number of fused-ring (bicyclic) bond motifs is 1. The lowest BCUT2D eigenvalue weighted by molar-refractivity contribution is -0.0511. The summed E-state index contributed by atoms with van der Waals surface area (Å²) in [5.41, 5.74) is 1.21. The fourth-order valence-corrected chi connectivity index (χ4v) is 3.17. The number of nitrogens with zero attached hydrogens (tertiary/aromatic N) is 4. The molecule has 0 spiro atoms. The van der Waals surface area contributed by atoms with E-state index in [0.29, 0.717) is 22.5 Å². The van der Waals surface area contributed by atoms with Crippen LogP contribution in [0.15, 0.2) is 30.9 Å². The van der Waals surface area contributed by atoms with E-state index >= 15 is 0 Å². The molecule has 11 nitrogen and oxygen atoms in total. The smallest absolute Gasteiger partial charge is 0.167 e. The maximum absolute atomic E-state index is 10.2. The summed E-state index contributed by atoms with van der Waals surface area (Å²) >= 11 is 0. The van der Waals surface area contributed by atoms with Crippen LogP contribution in [0.4, 0.5) is 5.82 Å². The minimum Gasteiger partial charge on any atom is -0.508 e. The molecule has 0 bridgehead atoms. The van der Waals surface area contributed by atoms with E-state index in [1.807, 2.05) is 0 Å². The van der Waals surface area contributed by atoms with Crippen LogP contribution in [0.3, 0.4) is 0 Å². The van der Waals surface area contributed by atoms with Crippen LogP contribution < -0.4 is 5.32 Å². The molecule has 4 atom stereocenters. The Bertz CT molecular complexity index is 995. The average Bonchev–Trinajstić information content (AvgIpc) is 3.24. The predicted octanol–water partition coefficient (Wildman–Crippen LogP) is -0.539. The first-order chi connectivity index (χ1) is 13.5. The van der Waals surface area contributed by atoms with Gasteiger partial charge in [-0.3, -0.25) is 4.57 Å². The van der Waals surface area contributed by atoms with E-state index < -0.39 is 31.1 Å². The fraction of sp³-hybridized carbons (Fsp3) is 0.353. The van der Waals surface area contributed by atoms with Crippen molar-refractivity contribution in [3.8, 4) is 11.5 Å². The quantitative estimate of drug-likeness (QED) is 0.312. The zero-order valence-corrected chi connectivity index (χ0v) is 14.5. The highest BCUT2D eigenvalue weighted by Crippen LogP contribution is 2.32. The van der Waals surface area contributed by atoms with Crippen molar-refractivity contribution in [3.05, 3.63) is 36.4 Å². The Morgan fingerprint density at radius 1 is 1.11 bits per heavy atom. The Morgan fingerprint density at radius 3 is 2.68 bits per heavy atom. The van der Waals surface area contributed by atoms with Crippen molar-refractivity contribution >= 4 is 17.0 Å². The van der Waals surface area contributed by atoms with Gasteiger partial charge < -0.3 is 35.6 Å². The zero-order valence-electron chi connectivity index (χ0n) is 14.5. The van der Waals surface area contributed by atoms with Gasteiger partial charge in [-0.15, -0.1) is 0 Å². The number of aliphatic hydroxyl groups is 3. The standard InChI is InChI=1S/C17H19N5O6/c23-5-11-13(26)14(27)17(28-11)22-7-21-12-15(19-6-20-16(12)22)18-4-8-3-9(24)1-2-10(8)25/h1-3,6-7,11,13-14,17,23-27H,4-5H2,(H,18,19,20)/t11-,13-,14-,17?/m1/s1. The van der Waals surface area contributed by atoms with Gasteiger partial charge in [-0.1, -0.05) is 0 Å². The van der Waals surface area contributed by atoms with Gasteiger partial charge in [0.25, 0.3) is 0 Å². The van der Waals surface area contributed by atoms with Gasteiger partial charge in [0, 0.05) is 12.1 Å². The molecule has 1 fully saturated rings. The number of ether oxygens (including phenoxy) is 1. The Morgan fingerprint density at radius 2 is 1.93 bits per heavy atom. The normalized spacial score (nSPS) is 24.7. The molecule has 0 aliphatic carbocycles. The van der Waals surface area contributed by atoms with Crippen molar-refractivity contribution in [2.24, 2.45) is 0 Å². The number of aromatic hydroxyl groups is 2. The largest absolute Gasteiger partial charge is 0.508 e. The minimum absolute atomic E-state index is 0.0210. The summed E-state index contributed by atoms with van der Waals surface area (Å²) in [5.74, 6) is 0.418. The molecular formula is C17H19N5O6. The first-order valence-electron chi connectivity index (χ1n) is 8.54. The van der Waals surface area contributed by atoms with Crippen molar-refractivity contribution in [1.82, 2.24) is 19.5 Å². The number of benzene rings is 1. The second kappa shape index (κ2) is 7.20. The van der Waals surface area contributed by atoms with Gasteiger partial charge in [-0.25, -0.2) is 15.0 Å². The van der Waals surface area contributed by atoms with Crippen molar-refractivity contribution in [3.63, 3.8) is 0 Å². The molecule has 1 unspecified atom stereocenters. The Hall–Kier alpha value is -2.99. The average molecular weight is 389 g/mol. The number of hydrogen-bond donors (Lipinski definition) is 6. The SMILES string of the molecule is OC[C@H]1OC(n2cnc3c(NCc4cc(O)ccc4O)ncnc32)[C@H](O)[C@@H]1O. The van der Waals surface area contributed by atoms with Crippen molar-refractivity contribution in [2.75, 3.05) is 11.9 Å². The molecule has 1 aliphatic rings. The molecule has 11 heteroatoms. The Labute approximate surface area is 158 Å². The summed E-state index contributed by atoms with van der Waals surface area (Å²) in [7, 11) is 0. The Kier molecular flexibility index (Phi) is 4.73. The van der Waals surface area contributed by atoms with Crippen LogP contribution in [0.5, 0.6) is 11.5 Å². The molecule has 0 saturated carbocycles. The molecule has 4 rings (SSSR count). The first kappa shape index (κ1) is 18.4. The zero-order chi connectivity index (χ0) is 19.8. The summed E-state index contributed by atoms with van der Waals surface area (Å²) in [5, 5.41) is 51.9. The number of aromatic nitrogens is 4. The van der Waals surface area contributed by atoms with Gasteiger partial charge in [0.05, 0.1) is 12.9 Å². The predicted molar refractivity (Wildman–Crippen MR) is 95.4 cm³/mol. The van der Waals surface area contributed by atoms with Gasteiger partial charge in [0.2, 0.25) is 0 Å². The number of rotatable bonds is 5. The van der Waals surface area contributed by atoms with Gasteiger partial charge in [-0.2, -0.15) is 0 Å². The molecule has 28 heavy (non-hydrogen) atoms. The second-order valence-electron chi connectivity index (χ2n) is 6.44. The van der Waals surface area contributed by atoms with E-state index in [2.05, 4.69) is 20.3 Å². The monoisotopic (exact) mass is 389 g/mol. The van der Waals surface area contributed by atoms with Crippen LogP contribution in [0.25, 0.3) is 11.2 Å². The molecular weight excluding hydrogens is 370 g/mol. The molecule has 1 aliphatic heterocycles. The number of nitrogens with one attached hydrogen (secondary N) is 1. The van der Waals surface area contributed by atoms with E-state index in [4.69, 9.17) is 4.74 Å². The minimum atomic E-state index is -1.26. The topological polar surface area (TPSA) is 166 Å².